The molecule has 0 amide bonds. The molecule has 2 unspecified atom stereocenters. The molecular formula is C18H30N2O. The Bertz CT molecular complexity index is 429. The molecule has 2 heterocycles. The summed E-state index contributed by atoms with van der Waals surface area (Å²) in [6, 6.07) is 4.29. The van der Waals surface area contributed by atoms with Crippen molar-refractivity contribution in [1.29, 1.82) is 0 Å². The predicted molar refractivity (Wildman–Crippen MR) is 86.0 cm³/mol. The smallest absolute Gasteiger partial charge is 0.118 e. The van der Waals surface area contributed by atoms with Gasteiger partial charge in [0.15, 0.2) is 0 Å². The highest BCUT2D eigenvalue weighted by atomic mass is 16.3. The number of nitrogens with one attached hydrogen (secondary N) is 1. The topological polar surface area (TPSA) is 28.4 Å². The van der Waals surface area contributed by atoms with E-state index < -0.39 is 0 Å². The Hall–Kier alpha value is -0.800. The normalized spacial score (nSPS) is 26.7. The molecule has 118 valence electrons. The van der Waals surface area contributed by atoms with E-state index in [0.29, 0.717) is 0 Å². The van der Waals surface area contributed by atoms with Gasteiger partial charge in [-0.25, -0.2) is 0 Å². The molecule has 0 aromatic carbocycles. The summed E-state index contributed by atoms with van der Waals surface area (Å²) >= 11 is 0. The van der Waals surface area contributed by atoms with E-state index in [2.05, 4.69) is 29.3 Å². The zero-order valence-electron chi connectivity index (χ0n) is 13.4. The third kappa shape index (κ3) is 4.10. The lowest BCUT2D eigenvalue weighted by Gasteiger charge is -2.41. The average molecular weight is 290 g/mol. The van der Waals surface area contributed by atoms with E-state index in [1.165, 1.54) is 51.6 Å². The van der Waals surface area contributed by atoms with Gasteiger partial charge in [0.25, 0.3) is 0 Å². The fourth-order valence-corrected chi connectivity index (χ4v) is 4.03. The number of piperidine rings is 1. The Morgan fingerprint density at radius 1 is 1.14 bits per heavy atom. The van der Waals surface area contributed by atoms with E-state index in [4.69, 9.17) is 4.42 Å². The van der Waals surface area contributed by atoms with Crippen LogP contribution in [0.3, 0.4) is 0 Å². The second-order valence-corrected chi connectivity index (χ2v) is 6.87. The Morgan fingerprint density at radius 3 is 2.81 bits per heavy atom. The molecule has 1 saturated heterocycles. The van der Waals surface area contributed by atoms with Crippen molar-refractivity contribution in [2.24, 2.45) is 11.8 Å². The van der Waals surface area contributed by atoms with Crippen LogP contribution in [0.15, 0.2) is 16.5 Å². The van der Waals surface area contributed by atoms with E-state index >= 15 is 0 Å². The first-order chi connectivity index (χ1) is 10.3. The summed E-state index contributed by atoms with van der Waals surface area (Å²) in [5.41, 5.74) is 0. The van der Waals surface area contributed by atoms with Gasteiger partial charge in [-0.05, 0) is 56.3 Å². The Morgan fingerprint density at radius 2 is 1.95 bits per heavy atom. The van der Waals surface area contributed by atoms with Gasteiger partial charge in [0.05, 0.1) is 13.1 Å². The molecular weight excluding hydrogens is 260 g/mol. The van der Waals surface area contributed by atoms with E-state index in [1.54, 1.807) is 0 Å². The number of hydrogen-bond acceptors (Lipinski definition) is 3. The number of furan rings is 1. The van der Waals surface area contributed by atoms with E-state index in [-0.39, 0.29) is 0 Å². The first-order valence-corrected chi connectivity index (χ1v) is 8.86. The highest BCUT2D eigenvalue weighted by Gasteiger charge is 2.31. The standard InChI is InChI=1S/C18H30N2O/c1-2-10-19-12-17-7-8-18(21-17)14-20-11-9-15-5-3-4-6-16(15)13-20/h7-8,15-16,19H,2-6,9-14H2,1H3. The predicted octanol–water partition coefficient (Wildman–Crippen LogP) is 3.79. The van der Waals surface area contributed by atoms with Gasteiger partial charge < -0.3 is 9.73 Å². The SMILES string of the molecule is CCCNCc1ccc(CN2CCC3CCCCC3C2)o1. The van der Waals surface area contributed by atoms with Gasteiger partial charge >= 0.3 is 0 Å². The molecule has 1 N–H and O–H groups in total. The molecule has 1 saturated carbocycles. The van der Waals surface area contributed by atoms with Crippen molar-refractivity contribution in [1.82, 2.24) is 10.2 Å². The van der Waals surface area contributed by atoms with Crippen LogP contribution in [-0.2, 0) is 13.1 Å². The summed E-state index contributed by atoms with van der Waals surface area (Å²) in [4.78, 5) is 2.61. The lowest BCUT2D eigenvalue weighted by Crippen LogP contribution is -2.41. The minimum atomic E-state index is 0.860. The van der Waals surface area contributed by atoms with Crippen molar-refractivity contribution in [3.63, 3.8) is 0 Å². The molecule has 2 aliphatic rings. The van der Waals surface area contributed by atoms with E-state index in [9.17, 15) is 0 Å². The molecule has 0 spiro atoms. The van der Waals surface area contributed by atoms with Crippen LogP contribution in [0.2, 0.25) is 0 Å². The fraction of sp³-hybridized carbons (Fsp3) is 0.778. The largest absolute Gasteiger partial charge is 0.463 e. The third-order valence-corrected chi connectivity index (χ3v) is 5.20. The summed E-state index contributed by atoms with van der Waals surface area (Å²) in [7, 11) is 0. The monoisotopic (exact) mass is 290 g/mol. The van der Waals surface area contributed by atoms with E-state index in [1.807, 2.05) is 0 Å². The quantitative estimate of drug-likeness (QED) is 0.808. The summed E-state index contributed by atoms with van der Waals surface area (Å²) in [6.45, 7) is 7.65. The average Bonchev–Trinajstić information content (AvgIpc) is 2.95. The first-order valence-electron chi connectivity index (χ1n) is 8.86. The van der Waals surface area contributed by atoms with Gasteiger partial charge in [-0.1, -0.05) is 26.2 Å². The van der Waals surface area contributed by atoms with Gasteiger partial charge in [0.2, 0.25) is 0 Å². The molecule has 1 aliphatic heterocycles. The molecule has 1 aromatic heterocycles. The van der Waals surface area contributed by atoms with Crippen molar-refractivity contribution in [3.05, 3.63) is 23.7 Å². The van der Waals surface area contributed by atoms with Gasteiger partial charge in [0, 0.05) is 6.54 Å². The minimum Gasteiger partial charge on any atom is -0.463 e. The van der Waals surface area contributed by atoms with Gasteiger partial charge in [-0.2, -0.15) is 0 Å². The zero-order valence-corrected chi connectivity index (χ0v) is 13.4. The van der Waals surface area contributed by atoms with Crippen molar-refractivity contribution < 1.29 is 4.42 Å². The highest BCUT2D eigenvalue weighted by Crippen LogP contribution is 2.36. The Balaban J connectivity index is 1.48. The number of fused-ring (bicyclic) bond motifs is 1. The highest BCUT2D eigenvalue weighted by molar-refractivity contribution is 5.07. The summed E-state index contributed by atoms with van der Waals surface area (Å²) in [5, 5.41) is 3.40. The molecule has 0 radical (unpaired) electrons. The Kier molecular flexibility index (Phi) is 5.37. The molecule has 0 bridgehead atoms. The van der Waals surface area contributed by atoms with Crippen molar-refractivity contribution in [2.45, 2.75) is 58.5 Å². The Labute approximate surface area is 129 Å². The van der Waals surface area contributed by atoms with Crippen molar-refractivity contribution in [3.8, 4) is 0 Å². The van der Waals surface area contributed by atoms with Crippen LogP contribution in [0.25, 0.3) is 0 Å². The maximum absolute atomic E-state index is 5.96. The fourth-order valence-electron chi connectivity index (χ4n) is 4.03. The number of hydrogen-bond donors (Lipinski definition) is 1. The van der Waals surface area contributed by atoms with Crippen LogP contribution in [0.1, 0.15) is 57.0 Å². The second kappa shape index (κ2) is 7.46. The molecule has 1 aliphatic carbocycles. The van der Waals surface area contributed by atoms with Crippen LogP contribution in [-0.4, -0.2) is 24.5 Å². The molecule has 2 atom stereocenters. The summed E-state index contributed by atoms with van der Waals surface area (Å²) in [5.74, 6) is 4.18. The van der Waals surface area contributed by atoms with Crippen LogP contribution in [0.4, 0.5) is 0 Å². The van der Waals surface area contributed by atoms with E-state index in [0.717, 1.165) is 43.0 Å². The first kappa shape index (κ1) is 15.1. The lowest BCUT2D eigenvalue weighted by atomic mass is 9.75. The molecule has 3 rings (SSSR count). The van der Waals surface area contributed by atoms with Gasteiger partial charge in [0.1, 0.15) is 11.5 Å². The molecule has 3 heteroatoms. The second-order valence-electron chi connectivity index (χ2n) is 6.87. The van der Waals surface area contributed by atoms with Gasteiger partial charge in [-0.15, -0.1) is 0 Å². The summed E-state index contributed by atoms with van der Waals surface area (Å²) in [6.07, 6.45) is 8.41. The number of likely N-dealkylation sites (tertiary alicyclic amines) is 1. The zero-order chi connectivity index (χ0) is 14.5. The van der Waals surface area contributed by atoms with Crippen LogP contribution in [0, 0.1) is 11.8 Å². The minimum absolute atomic E-state index is 0.860. The van der Waals surface area contributed by atoms with Crippen LogP contribution in [0.5, 0.6) is 0 Å². The van der Waals surface area contributed by atoms with Crippen molar-refractivity contribution in [2.75, 3.05) is 19.6 Å². The maximum Gasteiger partial charge on any atom is 0.118 e. The third-order valence-electron chi connectivity index (χ3n) is 5.20. The molecule has 2 fully saturated rings. The summed E-state index contributed by atoms with van der Waals surface area (Å²) < 4.78 is 5.96. The maximum atomic E-state index is 5.96. The number of rotatable bonds is 6. The molecule has 3 nitrogen and oxygen atoms in total. The number of nitrogens with zero attached hydrogens (tertiary/aromatic N) is 1. The lowest BCUT2D eigenvalue weighted by molar-refractivity contribution is 0.0771. The molecule has 1 aromatic rings. The van der Waals surface area contributed by atoms with Crippen molar-refractivity contribution >= 4 is 0 Å². The van der Waals surface area contributed by atoms with Crippen LogP contribution >= 0.6 is 0 Å². The molecule has 21 heavy (non-hydrogen) atoms. The van der Waals surface area contributed by atoms with Crippen LogP contribution < -0.4 is 5.32 Å². The van der Waals surface area contributed by atoms with Gasteiger partial charge in [-0.3, -0.25) is 4.90 Å².